The van der Waals surface area contributed by atoms with Crippen molar-refractivity contribution in [1.82, 2.24) is 10.3 Å². The number of carbonyl (C=O) groups is 2. The summed E-state index contributed by atoms with van der Waals surface area (Å²) in [5.74, 6) is 0.293. The van der Waals surface area contributed by atoms with Crippen LogP contribution in [0.15, 0.2) is 42.6 Å². The lowest BCUT2D eigenvalue weighted by molar-refractivity contribution is -0.124. The van der Waals surface area contributed by atoms with Gasteiger partial charge in [0.05, 0.1) is 18.7 Å². The van der Waals surface area contributed by atoms with Crippen LogP contribution in [0.2, 0.25) is 5.15 Å². The molecule has 138 valence electrons. The van der Waals surface area contributed by atoms with Crippen molar-refractivity contribution in [2.24, 2.45) is 0 Å². The zero-order valence-electron chi connectivity index (χ0n) is 14.2. The molecule has 2 rings (SSSR count). The Morgan fingerprint density at radius 3 is 2.46 bits per heavy atom. The summed E-state index contributed by atoms with van der Waals surface area (Å²) in [6.45, 7) is 2.66. The minimum atomic E-state index is -0.705. The van der Waals surface area contributed by atoms with Crippen molar-refractivity contribution in [2.75, 3.05) is 26.4 Å². The number of amides is 1. The Morgan fingerprint density at radius 2 is 1.81 bits per heavy atom. The number of aromatic nitrogens is 1. The van der Waals surface area contributed by atoms with Gasteiger partial charge >= 0.3 is 5.97 Å². The summed E-state index contributed by atoms with van der Waals surface area (Å²) in [4.78, 5) is 27.3. The van der Waals surface area contributed by atoms with Crippen LogP contribution < -0.4 is 14.8 Å². The van der Waals surface area contributed by atoms with Gasteiger partial charge in [-0.25, -0.2) is 9.78 Å². The van der Waals surface area contributed by atoms with Crippen LogP contribution in [0.5, 0.6) is 11.5 Å². The number of ether oxygens (including phenoxy) is 3. The maximum Gasteiger partial charge on any atom is 0.341 e. The number of rotatable bonds is 9. The predicted molar refractivity (Wildman–Crippen MR) is 95.6 cm³/mol. The van der Waals surface area contributed by atoms with Gasteiger partial charge in [0.25, 0.3) is 5.91 Å². The highest BCUT2D eigenvalue weighted by Crippen LogP contribution is 2.17. The first-order chi connectivity index (χ1) is 12.6. The average molecular weight is 379 g/mol. The first-order valence-corrected chi connectivity index (χ1v) is 8.38. The smallest absolute Gasteiger partial charge is 0.341 e. The molecule has 8 heteroatoms. The van der Waals surface area contributed by atoms with E-state index >= 15 is 0 Å². The van der Waals surface area contributed by atoms with Crippen LogP contribution in [0.25, 0.3) is 0 Å². The highest BCUT2D eigenvalue weighted by atomic mass is 35.5. The third-order valence-corrected chi connectivity index (χ3v) is 3.44. The zero-order chi connectivity index (χ0) is 18.8. The summed E-state index contributed by atoms with van der Waals surface area (Å²) in [7, 11) is 0. The third kappa shape index (κ3) is 6.25. The molecule has 1 aromatic carbocycles. The van der Waals surface area contributed by atoms with E-state index in [-0.39, 0.29) is 23.9 Å². The molecule has 26 heavy (non-hydrogen) atoms. The normalized spacial score (nSPS) is 10.1. The van der Waals surface area contributed by atoms with Gasteiger partial charge in [-0.15, -0.1) is 0 Å². The fraction of sp³-hybridized carbons (Fsp3) is 0.278. The molecule has 1 aromatic heterocycles. The van der Waals surface area contributed by atoms with Gasteiger partial charge in [-0.1, -0.05) is 11.6 Å². The minimum Gasteiger partial charge on any atom is -0.494 e. The van der Waals surface area contributed by atoms with Gasteiger partial charge in [-0.05, 0) is 43.3 Å². The van der Waals surface area contributed by atoms with E-state index in [0.717, 1.165) is 5.75 Å². The number of halogens is 1. The fourth-order valence-electron chi connectivity index (χ4n) is 1.96. The quantitative estimate of drug-likeness (QED) is 0.410. The van der Waals surface area contributed by atoms with Crippen molar-refractivity contribution in [2.45, 2.75) is 6.92 Å². The molecular formula is C18H19ClN2O5. The Hall–Kier alpha value is -2.80. The molecule has 0 spiro atoms. The molecule has 0 atom stereocenters. The van der Waals surface area contributed by atoms with E-state index in [4.69, 9.17) is 25.8 Å². The molecule has 0 saturated carbocycles. The van der Waals surface area contributed by atoms with E-state index in [1.54, 1.807) is 30.3 Å². The number of carbonyl (C=O) groups excluding carboxylic acids is 2. The first kappa shape index (κ1) is 19.5. The molecule has 0 fully saturated rings. The molecular weight excluding hydrogens is 360 g/mol. The van der Waals surface area contributed by atoms with Gasteiger partial charge < -0.3 is 19.5 Å². The van der Waals surface area contributed by atoms with E-state index in [0.29, 0.717) is 12.4 Å². The van der Waals surface area contributed by atoms with E-state index in [2.05, 4.69) is 10.3 Å². The summed E-state index contributed by atoms with van der Waals surface area (Å²) >= 11 is 5.79. The van der Waals surface area contributed by atoms with Crippen molar-refractivity contribution < 1.29 is 23.8 Å². The predicted octanol–water partition coefficient (Wildman–Crippen LogP) is 2.49. The summed E-state index contributed by atoms with van der Waals surface area (Å²) < 4.78 is 15.7. The molecule has 1 N–H and O–H groups in total. The SMILES string of the molecule is CCOc1ccc(OCCNC(=O)COC(=O)c2cccnc2Cl)cc1. The summed E-state index contributed by atoms with van der Waals surface area (Å²) in [6.07, 6.45) is 1.45. The lowest BCUT2D eigenvalue weighted by Crippen LogP contribution is -2.32. The molecule has 1 heterocycles. The highest BCUT2D eigenvalue weighted by molar-refractivity contribution is 6.32. The monoisotopic (exact) mass is 378 g/mol. The number of esters is 1. The second-order valence-corrected chi connectivity index (χ2v) is 5.38. The van der Waals surface area contributed by atoms with Crippen molar-refractivity contribution in [1.29, 1.82) is 0 Å². The topological polar surface area (TPSA) is 86.8 Å². The maximum atomic E-state index is 11.8. The van der Waals surface area contributed by atoms with Crippen LogP contribution in [0.4, 0.5) is 0 Å². The van der Waals surface area contributed by atoms with E-state index < -0.39 is 18.5 Å². The molecule has 1 amide bonds. The Kier molecular flexibility index (Phi) is 7.70. The summed E-state index contributed by atoms with van der Waals surface area (Å²) in [5.41, 5.74) is 0.112. The first-order valence-electron chi connectivity index (χ1n) is 8.00. The molecule has 7 nitrogen and oxygen atoms in total. The number of pyridine rings is 1. The number of hydrogen-bond donors (Lipinski definition) is 1. The third-order valence-electron chi connectivity index (χ3n) is 3.14. The van der Waals surface area contributed by atoms with Crippen LogP contribution in [-0.4, -0.2) is 43.2 Å². The van der Waals surface area contributed by atoms with Crippen LogP contribution in [0.3, 0.4) is 0 Å². The second-order valence-electron chi connectivity index (χ2n) is 5.02. The number of benzene rings is 1. The molecule has 0 aliphatic heterocycles. The Balaban J connectivity index is 1.64. The van der Waals surface area contributed by atoms with E-state index in [1.807, 2.05) is 6.92 Å². The van der Waals surface area contributed by atoms with Crippen LogP contribution in [0.1, 0.15) is 17.3 Å². The van der Waals surface area contributed by atoms with Gasteiger partial charge in [-0.2, -0.15) is 0 Å². The van der Waals surface area contributed by atoms with Crippen molar-refractivity contribution in [3.05, 3.63) is 53.3 Å². The molecule has 0 saturated heterocycles. The molecule has 0 unspecified atom stereocenters. The van der Waals surface area contributed by atoms with Crippen LogP contribution in [0, 0.1) is 0 Å². The summed E-state index contributed by atoms with van der Waals surface area (Å²) in [6, 6.07) is 10.2. The molecule has 0 aliphatic rings. The number of hydrogen-bond acceptors (Lipinski definition) is 6. The van der Waals surface area contributed by atoms with Gasteiger partial charge in [0.2, 0.25) is 0 Å². The van der Waals surface area contributed by atoms with Gasteiger partial charge in [0, 0.05) is 6.20 Å². The van der Waals surface area contributed by atoms with E-state index in [1.165, 1.54) is 12.3 Å². The van der Waals surface area contributed by atoms with Gasteiger partial charge in [-0.3, -0.25) is 4.79 Å². The molecule has 0 aliphatic carbocycles. The van der Waals surface area contributed by atoms with Crippen LogP contribution >= 0.6 is 11.6 Å². The number of nitrogens with one attached hydrogen (secondary N) is 1. The lowest BCUT2D eigenvalue weighted by Gasteiger charge is -2.09. The van der Waals surface area contributed by atoms with Gasteiger partial charge in [0.1, 0.15) is 23.3 Å². The van der Waals surface area contributed by atoms with Crippen LogP contribution in [-0.2, 0) is 9.53 Å². The Bertz CT molecular complexity index is 737. The lowest BCUT2D eigenvalue weighted by atomic mass is 10.3. The van der Waals surface area contributed by atoms with Crippen molar-refractivity contribution in [3.63, 3.8) is 0 Å². The highest BCUT2D eigenvalue weighted by Gasteiger charge is 2.13. The van der Waals surface area contributed by atoms with E-state index in [9.17, 15) is 9.59 Å². The standard InChI is InChI=1S/C18H19ClN2O5/c1-2-24-13-5-7-14(8-6-13)25-11-10-20-16(22)12-26-18(23)15-4-3-9-21-17(15)19/h3-9H,2,10-12H2,1H3,(H,20,22). The van der Waals surface area contributed by atoms with Crippen molar-refractivity contribution in [3.8, 4) is 11.5 Å². The number of nitrogens with zero attached hydrogens (tertiary/aromatic N) is 1. The van der Waals surface area contributed by atoms with Gasteiger partial charge in [0.15, 0.2) is 6.61 Å². The summed E-state index contributed by atoms with van der Waals surface area (Å²) in [5, 5.41) is 2.62. The van der Waals surface area contributed by atoms with Crippen molar-refractivity contribution >= 4 is 23.5 Å². The molecule has 0 radical (unpaired) electrons. The Morgan fingerprint density at radius 1 is 1.12 bits per heavy atom. The maximum absolute atomic E-state index is 11.8. The minimum absolute atomic E-state index is 0.0293. The molecule has 2 aromatic rings. The second kappa shape index (κ2) is 10.2. The molecule has 0 bridgehead atoms. The Labute approximate surface area is 156 Å². The average Bonchev–Trinajstić information content (AvgIpc) is 2.65. The fourth-order valence-corrected chi connectivity index (χ4v) is 2.15. The zero-order valence-corrected chi connectivity index (χ0v) is 15.0. The largest absolute Gasteiger partial charge is 0.494 e.